The van der Waals surface area contributed by atoms with Crippen molar-refractivity contribution >= 4 is 11.6 Å². The Balaban J connectivity index is 1.36. The van der Waals surface area contributed by atoms with Crippen LogP contribution < -0.4 is 0 Å². The Morgan fingerprint density at radius 1 is 1.07 bits per heavy atom. The summed E-state index contributed by atoms with van der Waals surface area (Å²) < 4.78 is 38.9. The largest absolute Gasteiger partial charge is 0.416 e. The van der Waals surface area contributed by atoms with E-state index in [2.05, 4.69) is 5.16 Å². The van der Waals surface area contributed by atoms with Gasteiger partial charge in [0.1, 0.15) is 5.60 Å². The Morgan fingerprint density at radius 3 is 2.48 bits per heavy atom. The van der Waals surface area contributed by atoms with Crippen molar-refractivity contribution in [2.24, 2.45) is 5.16 Å². The summed E-state index contributed by atoms with van der Waals surface area (Å²) in [5.74, 6) is 0.0723. The Labute approximate surface area is 167 Å². The van der Waals surface area contributed by atoms with Gasteiger partial charge in [-0.25, -0.2) is 0 Å². The lowest BCUT2D eigenvalue weighted by Crippen LogP contribution is -2.47. The smallest absolute Gasteiger partial charge is 0.388 e. The molecule has 2 heterocycles. The molecular weight excluding hydrogens is 381 g/mol. The zero-order valence-electron chi connectivity index (χ0n) is 15.8. The van der Waals surface area contributed by atoms with Crippen molar-refractivity contribution in [1.82, 2.24) is 4.90 Å². The van der Waals surface area contributed by atoms with Crippen molar-refractivity contribution in [3.63, 3.8) is 0 Å². The third-order valence-corrected chi connectivity index (χ3v) is 5.59. The van der Waals surface area contributed by atoms with Gasteiger partial charge in [0.2, 0.25) is 5.91 Å². The molecule has 4 rings (SSSR count). The monoisotopic (exact) mass is 402 g/mol. The van der Waals surface area contributed by atoms with Crippen molar-refractivity contribution in [1.29, 1.82) is 0 Å². The number of alkyl halides is 3. The van der Waals surface area contributed by atoms with Crippen LogP contribution in [0, 0.1) is 0 Å². The molecule has 1 spiro atoms. The number of carbonyl (C=O) groups is 1. The van der Waals surface area contributed by atoms with E-state index in [0.29, 0.717) is 50.0 Å². The quantitative estimate of drug-likeness (QED) is 0.762. The lowest BCUT2D eigenvalue weighted by Gasteiger charge is -2.37. The molecule has 2 aromatic rings. The summed E-state index contributed by atoms with van der Waals surface area (Å²) in [7, 11) is 0. The van der Waals surface area contributed by atoms with Crippen LogP contribution in [0.5, 0.6) is 0 Å². The fourth-order valence-electron chi connectivity index (χ4n) is 3.87. The summed E-state index contributed by atoms with van der Waals surface area (Å²) >= 11 is 0. The summed E-state index contributed by atoms with van der Waals surface area (Å²) in [6.45, 7) is 1.11. The van der Waals surface area contributed by atoms with Crippen molar-refractivity contribution in [3.05, 3.63) is 71.3 Å². The molecule has 1 saturated heterocycles. The number of hydrogen-bond donors (Lipinski definition) is 0. The molecule has 7 heteroatoms. The van der Waals surface area contributed by atoms with Crippen LogP contribution in [0.2, 0.25) is 0 Å². The summed E-state index contributed by atoms with van der Waals surface area (Å²) in [6, 6.07) is 14.8. The third-order valence-electron chi connectivity index (χ3n) is 5.59. The Morgan fingerprint density at radius 2 is 1.79 bits per heavy atom. The molecule has 0 unspecified atom stereocenters. The first-order chi connectivity index (χ1) is 13.8. The van der Waals surface area contributed by atoms with Crippen LogP contribution in [-0.2, 0) is 22.2 Å². The molecule has 29 heavy (non-hydrogen) atoms. The van der Waals surface area contributed by atoms with E-state index in [1.807, 2.05) is 35.2 Å². The molecule has 4 nitrogen and oxygen atoms in total. The molecule has 0 aliphatic carbocycles. The summed E-state index contributed by atoms with van der Waals surface area (Å²) in [6.07, 6.45) is -2.35. The highest BCUT2D eigenvalue weighted by Gasteiger charge is 2.43. The van der Waals surface area contributed by atoms with Gasteiger partial charge in [-0.2, -0.15) is 13.2 Å². The predicted octanol–water partition coefficient (Wildman–Crippen LogP) is 4.43. The van der Waals surface area contributed by atoms with E-state index in [1.165, 1.54) is 6.07 Å². The summed E-state index contributed by atoms with van der Waals surface area (Å²) in [5, 5.41) is 4.09. The third kappa shape index (κ3) is 4.28. The highest BCUT2D eigenvalue weighted by molar-refractivity contribution is 6.01. The second-order valence-electron chi connectivity index (χ2n) is 7.61. The first-order valence-corrected chi connectivity index (χ1v) is 9.59. The van der Waals surface area contributed by atoms with Gasteiger partial charge in [0, 0.05) is 37.9 Å². The van der Waals surface area contributed by atoms with Crippen molar-refractivity contribution in [2.75, 3.05) is 13.1 Å². The molecule has 2 aromatic carbocycles. The van der Waals surface area contributed by atoms with Crippen LogP contribution in [0.4, 0.5) is 13.2 Å². The van der Waals surface area contributed by atoms with Crippen molar-refractivity contribution < 1.29 is 22.8 Å². The number of benzene rings is 2. The minimum atomic E-state index is -4.39. The minimum absolute atomic E-state index is 0.0723. The lowest BCUT2D eigenvalue weighted by molar-refractivity contribution is -0.138. The van der Waals surface area contributed by atoms with E-state index in [-0.39, 0.29) is 5.91 Å². The van der Waals surface area contributed by atoms with Gasteiger partial charge in [0.05, 0.1) is 17.7 Å². The van der Waals surface area contributed by atoms with Crippen LogP contribution >= 0.6 is 0 Å². The van der Waals surface area contributed by atoms with Gasteiger partial charge < -0.3 is 9.74 Å². The van der Waals surface area contributed by atoms with E-state index >= 15 is 0 Å². The van der Waals surface area contributed by atoms with Crippen LogP contribution in [0.25, 0.3) is 0 Å². The van der Waals surface area contributed by atoms with Crippen LogP contribution in [-0.4, -0.2) is 35.2 Å². The normalized spacial score (nSPS) is 18.4. The molecule has 2 aliphatic heterocycles. The van der Waals surface area contributed by atoms with Gasteiger partial charge in [-0.15, -0.1) is 0 Å². The van der Waals surface area contributed by atoms with Gasteiger partial charge >= 0.3 is 6.18 Å². The van der Waals surface area contributed by atoms with Crippen molar-refractivity contribution in [3.8, 4) is 0 Å². The molecule has 0 saturated carbocycles. The van der Waals surface area contributed by atoms with Gasteiger partial charge in [-0.05, 0) is 17.7 Å². The van der Waals surface area contributed by atoms with Gasteiger partial charge in [0.15, 0.2) is 0 Å². The summed E-state index contributed by atoms with van der Waals surface area (Å²) in [5.41, 5.74) is 0.706. The number of nitrogens with zero attached hydrogens (tertiary/aromatic N) is 2. The Hall–Kier alpha value is -2.83. The molecule has 0 bridgehead atoms. The second-order valence-corrected chi connectivity index (χ2v) is 7.61. The highest BCUT2D eigenvalue weighted by atomic mass is 19.4. The van der Waals surface area contributed by atoms with Crippen LogP contribution in [0.15, 0.2) is 59.8 Å². The lowest BCUT2D eigenvalue weighted by atomic mass is 9.85. The average molecular weight is 402 g/mol. The number of oxime groups is 1. The number of amides is 1. The first kappa shape index (κ1) is 19.5. The van der Waals surface area contributed by atoms with Gasteiger partial charge in [-0.3, -0.25) is 4.79 Å². The van der Waals surface area contributed by atoms with Crippen LogP contribution in [0.3, 0.4) is 0 Å². The maximum Gasteiger partial charge on any atom is 0.416 e. The molecule has 152 valence electrons. The minimum Gasteiger partial charge on any atom is -0.388 e. The topological polar surface area (TPSA) is 41.9 Å². The molecule has 0 radical (unpaired) electrons. The van der Waals surface area contributed by atoms with E-state index < -0.39 is 17.3 Å². The standard InChI is InChI=1S/C22H21F3N2O2/c23-22(24,25)18-8-4-7-17(14-18)19-15-21(29-26-19)9-11-27(12-10-21)20(28)13-16-5-2-1-3-6-16/h1-8,14H,9-13,15H2. The van der Waals surface area contributed by atoms with E-state index in [4.69, 9.17) is 4.84 Å². The van der Waals surface area contributed by atoms with E-state index in [1.54, 1.807) is 6.07 Å². The fourth-order valence-corrected chi connectivity index (χ4v) is 3.87. The SMILES string of the molecule is O=C(Cc1ccccc1)N1CCC2(CC1)CC(c1cccc(C(F)(F)F)c1)=NO2. The molecule has 0 atom stereocenters. The first-order valence-electron chi connectivity index (χ1n) is 9.59. The van der Waals surface area contributed by atoms with Gasteiger partial charge in [0.25, 0.3) is 0 Å². The second kappa shape index (κ2) is 7.54. The fraction of sp³-hybridized carbons (Fsp3) is 0.364. The number of rotatable bonds is 3. The molecule has 2 aliphatic rings. The molecule has 1 fully saturated rings. The number of piperidine rings is 1. The number of carbonyl (C=O) groups excluding carboxylic acids is 1. The maximum atomic E-state index is 13.0. The molecular formula is C22H21F3N2O2. The average Bonchev–Trinajstić information content (AvgIpc) is 3.12. The maximum absolute atomic E-state index is 13.0. The highest BCUT2D eigenvalue weighted by Crippen LogP contribution is 2.37. The number of halogens is 3. The summed E-state index contributed by atoms with van der Waals surface area (Å²) in [4.78, 5) is 20.1. The molecule has 0 N–H and O–H groups in total. The number of hydrogen-bond acceptors (Lipinski definition) is 3. The zero-order valence-corrected chi connectivity index (χ0v) is 15.8. The predicted molar refractivity (Wildman–Crippen MR) is 102 cm³/mol. The van der Waals surface area contributed by atoms with E-state index in [9.17, 15) is 18.0 Å². The zero-order chi connectivity index (χ0) is 20.5. The van der Waals surface area contributed by atoms with Gasteiger partial charge in [-0.1, -0.05) is 47.6 Å². The van der Waals surface area contributed by atoms with Crippen LogP contribution in [0.1, 0.15) is 36.0 Å². The molecule has 0 aromatic heterocycles. The Bertz CT molecular complexity index is 917. The number of likely N-dealkylation sites (tertiary alicyclic amines) is 1. The molecule has 1 amide bonds. The van der Waals surface area contributed by atoms with Crippen molar-refractivity contribution in [2.45, 2.75) is 37.5 Å². The van der Waals surface area contributed by atoms with E-state index in [0.717, 1.165) is 17.7 Å². The Kier molecular flexibility index (Phi) is 5.06.